The first kappa shape index (κ1) is 7.30. The molecule has 0 saturated heterocycles. The van der Waals surface area contributed by atoms with Gasteiger partial charge in [-0.05, 0) is 0 Å². The average molecular weight is 175 g/mol. The summed E-state index contributed by atoms with van der Waals surface area (Å²) in [5.41, 5.74) is 0. The van der Waals surface area contributed by atoms with E-state index in [1.54, 1.807) is 0 Å². The van der Waals surface area contributed by atoms with Gasteiger partial charge in [-0.15, -0.1) is 0 Å². The van der Waals surface area contributed by atoms with Gasteiger partial charge in [-0.3, -0.25) is 0 Å². The molecule has 1 atom stereocenters. The van der Waals surface area contributed by atoms with E-state index in [-0.39, 0.29) is 5.33 Å². The fourth-order valence-corrected chi connectivity index (χ4v) is 0.350. The maximum atomic E-state index is 11.1. The van der Waals surface area contributed by atoms with Gasteiger partial charge in [0, 0.05) is 5.33 Å². The van der Waals surface area contributed by atoms with E-state index in [1.807, 2.05) is 0 Å². The van der Waals surface area contributed by atoms with Crippen molar-refractivity contribution in [3.05, 3.63) is 0 Å². The van der Waals surface area contributed by atoms with E-state index in [0.717, 1.165) is 0 Å². The number of hydrogen-bond acceptors (Lipinski definition) is 1. The highest BCUT2D eigenvalue weighted by Gasteiger charge is 2.13. The predicted octanol–water partition coefficient (Wildman–Crippen LogP) is 1.01. The van der Waals surface area contributed by atoms with Crippen molar-refractivity contribution in [2.45, 2.75) is 12.5 Å². The quantitative estimate of drug-likeness (QED) is 0.620. The van der Waals surface area contributed by atoms with Crippen LogP contribution < -0.4 is 0 Å². The fourth-order valence-electron chi connectivity index (χ4n) is 0.0673. The van der Waals surface area contributed by atoms with Crippen molar-refractivity contribution in [1.82, 2.24) is 0 Å². The third kappa shape index (κ3) is 2.93. The number of halogens is 3. The van der Waals surface area contributed by atoms with Gasteiger partial charge < -0.3 is 5.11 Å². The van der Waals surface area contributed by atoms with Crippen molar-refractivity contribution in [3.8, 4) is 0 Å². The van der Waals surface area contributed by atoms with Gasteiger partial charge in [0.25, 0.3) is 6.43 Å². The second kappa shape index (κ2) is 3.32. The lowest BCUT2D eigenvalue weighted by Gasteiger charge is -2.01. The summed E-state index contributed by atoms with van der Waals surface area (Å²) in [5.74, 6) is 0. The van der Waals surface area contributed by atoms with Crippen molar-refractivity contribution in [2.75, 3.05) is 5.33 Å². The lowest BCUT2D eigenvalue weighted by molar-refractivity contribution is 0.0108. The Morgan fingerprint density at radius 2 is 2.00 bits per heavy atom. The van der Waals surface area contributed by atoms with Gasteiger partial charge in [0.15, 0.2) is 0 Å². The molecule has 0 amide bonds. The van der Waals surface area contributed by atoms with E-state index in [1.165, 1.54) is 0 Å². The molecule has 0 bridgehead atoms. The Morgan fingerprint density at radius 1 is 1.57 bits per heavy atom. The summed E-state index contributed by atoms with van der Waals surface area (Å²) in [4.78, 5) is 0. The van der Waals surface area contributed by atoms with Crippen molar-refractivity contribution < 1.29 is 13.9 Å². The van der Waals surface area contributed by atoms with Crippen LogP contribution in [0, 0.1) is 0 Å². The van der Waals surface area contributed by atoms with Crippen molar-refractivity contribution in [3.63, 3.8) is 0 Å². The minimum Gasteiger partial charge on any atom is -0.386 e. The van der Waals surface area contributed by atoms with Gasteiger partial charge >= 0.3 is 0 Å². The molecule has 0 aliphatic rings. The summed E-state index contributed by atoms with van der Waals surface area (Å²) in [7, 11) is 0. The van der Waals surface area contributed by atoms with Crippen LogP contribution in [0.4, 0.5) is 8.78 Å². The van der Waals surface area contributed by atoms with Crippen LogP contribution in [0.2, 0.25) is 0 Å². The zero-order chi connectivity index (χ0) is 5.86. The second-order valence-corrected chi connectivity index (χ2v) is 1.70. The molecule has 44 valence electrons. The molecule has 0 rings (SSSR count). The SMILES string of the molecule is OC(CBr)C(F)F. The van der Waals surface area contributed by atoms with E-state index in [0.29, 0.717) is 0 Å². The molecule has 7 heavy (non-hydrogen) atoms. The van der Waals surface area contributed by atoms with Crippen LogP contribution in [0.3, 0.4) is 0 Å². The van der Waals surface area contributed by atoms with Gasteiger partial charge in [0.05, 0.1) is 0 Å². The number of hydrogen-bond donors (Lipinski definition) is 1. The third-order valence-corrected chi connectivity index (χ3v) is 1.11. The molecule has 1 N–H and O–H groups in total. The van der Waals surface area contributed by atoms with Crippen LogP contribution in [0.5, 0.6) is 0 Å². The van der Waals surface area contributed by atoms with E-state index in [4.69, 9.17) is 5.11 Å². The van der Waals surface area contributed by atoms with Crippen molar-refractivity contribution in [2.24, 2.45) is 0 Å². The molecule has 0 spiro atoms. The molecular formula is C3H5BrF2O. The lowest BCUT2D eigenvalue weighted by atomic mass is 10.4. The summed E-state index contributed by atoms with van der Waals surface area (Å²) in [6.45, 7) is 0. The topological polar surface area (TPSA) is 20.2 Å². The molecule has 0 heterocycles. The zero-order valence-corrected chi connectivity index (χ0v) is 5.03. The summed E-state index contributed by atoms with van der Waals surface area (Å²) < 4.78 is 22.3. The van der Waals surface area contributed by atoms with E-state index in [2.05, 4.69) is 15.9 Å². The first-order chi connectivity index (χ1) is 3.18. The lowest BCUT2D eigenvalue weighted by Crippen LogP contribution is -2.18. The highest BCUT2D eigenvalue weighted by Crippen LogP contribution is 2.01. The van der Waals surface area contributed by atoms with Gasteiger partial charge in [-0.25, -0.2) is 8.78 Å². The van der Waals surface area contributed by atoms with E-state index < -0.39 is 12.5 Å². The molecular weight excluding hydrogens is 170 g/mol. The number of aliphatic hydroxyl groups is 1. The molecule has 0 aromatic carbocycles. The third-order valence-electron chi connectivity index (χ3n) is 0.449. The second-order valence-electron chi connectivity index (χ2n) is 1.06. The molecule has 0 saturated carbocycles. The minimum atomic E-state index is -2.63. The smallest absolute Gasteiger partial charge is 0.264 e. The van der Waals surface area contributed by atoms with Crippen molar-refractivity contribution in [1.29, 1.82) is 0 Å². The predicted molar refractivity (Wildman–Crippen MR) is 25.8 cm³/mol. The Labute approximate surface area is 48.5 Å². The van der Waals surface area contributed by atoms with Crippen molar-refractivity contribution >= 4 is 15.9 Å². The molecule has 4 heteroatoms. The van der Waals surface area contributed by atoms with Crippen LogP contribution in [0.1, 0.15) is 0 Å². The summed E-state index contributed by atoms with van der Waals surface area (Å²) in [5, 5.41) is 8.07. The summed E-state index contributed by atoms with van der Waals surface area (Å²) in [6, 6.07) is 0. The Hall–Kier alpha value is 0.300. The Morgan fingerprint density at radius 3 is 2.00 bits per heavy atom. The number of rotatable bonds is 2. The molecule has 0 aromatic rings. The molecule has 1 nitrogen and oxygen atoms in total. The zero-order valence-electron chi connectivity index (χ0n) is 3.44. The van der Waals surface area contributed by atoms with Crippen LogP contribution in [-0.4, -0.2) is 23.0 Å². The van der Waals surface area contributed by atoms with Crippen LogP contribution in [0.25, 0.3) is 0 Å². The van der Waals surface area contributed by atoms with Gasteiger partial charge in [-0.2, -0.15) is 0 Å². The molecule has 1 unspecified atom stereocenters. The molecule has 0 aliphatic carbocycles. The Kier molecular flexibility index (Phi) is 3.46. The van der Waals surface area contributed by atoms with Crippen LogP contribution >= 0.6 is 15.9 Å². The normalized spacial score (nSPS) is 15.0. The molecule has 0 fully saturated rings. The number of aliphatic hydroxyl groups excluding tert-OH is 1. The minimum absolute atomic E-state index is 0.0648. The highest BCUT2D eigenvalue weighted by atomic mass is 79.9. The van der Waals surface area contributed by atoms with Crippen LogP contribution in [-0.2, 0) is 0 Å². The highest BCUT2D eigenvalue weighted by molar-refractivity contribution is 9.09. The maximum absolute atomic E-state index is 11.1. The van der Waals surface area contributed by atoms with Gasteiger partial charge in [-0.1, -0.05) is 15.9 Å². The summed E-state index contributed by atoms with van der Waals surface area (Å²) >= 11 is 2.69. The first-order valence-corrected chi connectivity index (χ1v) is 2.82. The van der Waals surface area contributed by atoms with E-state index in [9.17, 15) is 8.78 Å². The Balaban J connectivity index is 3.14. The van der Waals surface area contributed by atoms with E-state index >= 15 is 0 Å². The molecule has 0 aromatic heterocycles. The standard InChI is InChI=1S/C3H5BrF2O/c4-1-2(7)3(5)6/h2-3,7H,1H2. The molecule has 0 aliphatic heterocycles. The monoisotopic (exact) mass is 174 g/mol. The molecule has 0 radical (unpaired) electrons. The average Bonchev–Trinajstić information content (AvgIpc) is 1.65. The summed E-state index contributed by atoms with van der Waals surface area (Å²) in [6.07, 6.45) is -4.14. The van der Waals surface area contributed by atoms with Crippen LogP contribution in [0.15, 0.2) is 0 Å². The Bertz CT molecular complexity index is 50.2. The largest absolute Gasteiger partial charge is 0.386 e. The maximum Gasteiger partial charge on any atom is 0.264 e. The number of alkyl halides is 3. The van der Waals surface area contributed by atoms with Gasteiger partial charge in [0.2, 0.25) is 0 Å². The fraction of sp³-hybridized carbons (Fsp3) is 1.00. The van der Waals surface area contributed by atoms with Gasteiger partial charge in [0.1, 0.15) is 6.10 Å². The first-order valence-electron chi connectivity index (χ1n) is 1.70.